The monoisotopic (exact) mass is 290 g/mol. The average molecular weight is 291 g/mol. The number of pyridine rings is 1. The number of halogens is 2. The van der Waals surface area contributed by atoms with Crippen LogP contribution in [-0.4, -0.2) is 28.0 Å². The maximum absolute atomic E-state index is 11.9. The van der Waals surface area contributed by atoms with Crippen LogP contribution in [0.3, 0.4) is 0 Å². The lowest BCUT2D eigenvalue weighted by atomic mass is 10.0. The van der Waals surface area contributed by atoms with E-state index in [4.69, 9.17) is 28.3 Å². The van der Waals surface area contributed by atoms with E-state index in [1.54, 1.807) is 13.8 Å². The number of carboxylic acids is 1. The minimum atomic E-state index is -1.10. The standard InChI is InChI=1S/C11H12Cl2N2O3/c1-5(2)8(11(17)18)15-10(16)6-3-4-7(12)14-9(6)13/h3-5,8H,1-2H3,(H,15,16)(H,17,18)/t8-/m0/s1. The van der Waals surface area contributed by atoms with Crippen molar-refractivity contribution in [3.63, 3.8) is 0 Å². The summed E-state index contributed by atoms with van der Waals surface area (Å²) >= 11 is 11.4. The van der Waals surface area contributed by atoms with Gasteiger partial charge < -0.3 is 10.4 Å². The van der Waals surface area contributed by atoms with Crippen LogP contribution in [0, 0.1) is 5.92 Å². The van der Waals surface area contributed by atoms with Crippen molar-refractivity contribution in [1.29, 1.82) is 0 Å². The Labute approximate surface area is 114 Å². The van der Waals surface area contributed by atoms with Gasteiger partial charge in [-0.3, -0.25) is 4.79 Å². The second-order valence-corrected chi connectivity index (χ2v) is 4.75. The summed E-state index contributed by atoms with van der Waals surface area (Å²) in [6.45, 7) is 3.39. The molecule has 1 amide bonds. The van der Waals surface area contributed by atoms with E-state index in [0.29, 0.717) is 0 Å². The lowest BCUT2D eigenvalue weighted by molar-refractivity contribution is -0.140. The summed E-state index contributed by atoms with van der Waals surface area (Å²) in [6.07, 6.45) is 0. The number of nitrogens with one attached hydrogen (secondary N) is 1. The third-order valence-corrected chi connectivity index (χ3v) is 2.78. The molecule has 0 aliphatic rings. The van der Waals surface area contributed by atoms with E-state index < -0.39 is 17.9 Å². The molecule has 0 radical (unpaired) electrons. The van der Waals surface area contributed by atoms with Crippen LogP contribution >= 0.6 is 23.2 Å². The lowest BCUT2D eigenvalue weighted by Gasteiger charge is -2.18. The molecule has 0 aromatic carbocycles. The van der Waals surface area contributed by atoms with E-state index in [1.165, 1.54) is 12.1 Å². The second-order valence-electron chi connectivity index (χ2n) is 4.01. The summed E-state index contributed by atoms with van der Waals surface area (Å²) in [6, 6.07) is 1.82. The molecule has 1 rings (SSSR count). The van der Waals surface area contributed by atoms with Gasteiger partial charge in [-0.15, -0.1) is 0 Å². The van der Waals surface area contributed by atoms with Crippen molar-refractivity contribution >= 4 is 35.1 Å². The molecule has 1 aromatic heterocycles. The van der Waals surface area contributed by atoms with Gasteiger partial charge in [0, 0.05) is 0 Å². The molecule has 98 valence electrons. The predicted octanol–water partition coefficient (Wildman–Crippen LogP) is 2.23. The van der Waals surface area contributed by atoms with E-state index in [2.05, 4.69) is 10.3 Å². The van der Waals surface area contributed by atoms with Crippen LogP contribution in [-0.2, 0) is 4.79 Å². The van der Waals surface area contributed by atoms with Gasteiger partial charge in [-0.2, -0.15) is 0 Å². The normalized spacial score (nSPS) is 12.3. The number of hydrogen-bond acceptors (Lipinski definition) is 3. The highest BCUT2D eigenvalue weighted by Crippen LogP contribution is 2.17. The van der Waals surface area contributed by atoms with Gasteiger partial charge in [-0.25, -0.2) is 9.78 Å². The molecule has 1 atom stereocenters. The molecule has 1 aromatic rings. The summed E-state index contributed by atoms with van der Waals surface area (Å²) in [5.74, 6) is -1.94. The van der Waals surface area contributed by atoms with Crippen LogP contribution in [0.5, 0.6) is 0 Å². The minimum Gasteiger partial charge on any atom is -0.480 e. The van der Waals surface area contributed by atoms with Crippen molar-refractivity contribution in [3.8, 4) is 0 Å². The molecule has 2 N–H and O–H groups in total. The largest absolute Gasteiger partial charge is 0.480 e. The molecule has 5 nitrogen and oxygen atoms in total. The summed E-state index contributed by atoms with van der Waals surface area (Å²) < 4.78 is 0. The molecule has 0 fully saturated rings. The van der Waals surface area contributed by atoms with E-state index in [1.807, 2.05) is 0 Å². The second kappa shape index (κ2) is 6.02. The molecule has 0 aliphatic carbocycles. The Balaban J connectivity index is 2.91. The van der Waals surface area contributed by atoms with Crippen molar-refractivity contribution in [2.24, 2.45) is 5.92 Å². The maximum atomic E-state index is 11.9. The first-order valence-electron chi connectivity index (χ1n) is 5.18. The van der Waals surface area contributed by atoms with Crippen LogP contribution in [0.2, 0.25) is 10.3 Å². The van der Waals surface area contributed by atoms with Crippen LogP contribution in [0.1, 0.15) is 24.2 Å². The third kappa shape index (κ3) is 3.58. The van der Waals surface area contributed by atoms with Gasteiger partial charge in [-0.05, 0) is 18.1 Å². The zero-order valence-corrected chi connectivity index (χ0v) is 11.3. The lowest BCUT2D eigenvalue weighted by Crippen LogP contribution is -2.44. The molecule has 0 unspecified atom stereocenters. The number of aliphatic carboxylic acids is 1. The van der Waals surface area contributed by atoms with E-state index in [-0.39, 0.29) is 21.8 Å². The topological polar surface area (TPSA) is 79.3 Å². The van der Waals surface area contributed by atoms with E-state index in [0.717, 1.165) is 0 Å². The zero-order valence-electron chi connectivity index (χ0n) is 9.78. The maximum Gasteiger partial charge on any atom is 0.326 e. The fourth-order valence-corrected chi connectivity index (χ4v) is 1.74. The third-order valence-electron chi connectivity index (χ3n) is 2.28. The molecule has 0 saturated carbocycles. The Bertz CT molecular complexity index is 477. The Hall–Kier alpha value is -1.33. The number of hydrogen-bond donors (Lipinski definition) is 2. The van der Waals surface area contributed by atoms with Crippen molar-refractivity contribution in [2.75, 3.05) is 0 Å². The number of aromatic nitrogens is 1. The van der Waals surface area contributed by atoms with Crippen molar-refractivity contribution in [2.45, 2.75) is 19.9 Å². The van der Waals surface area contributed by atoms with Gasteiger partial charge in [0.1, 0.15) is 16.3 Å². The first kappa shape index (κ1) is 14.7. The summed E-state index contributed by atoms with van der Waals surface area (Å²) in [5.41, 5.74) is 0.0907. The average Bonchev–Trinajstić information content (AvgIpc) is 2.24. The van der Waals surface area contributed by atoms with Gasteiger partial charge in [0.05, 0.1) is 5.56 Å². The molecule has 0 bridgehead atoms. The van der Waals surface area contributed by atoms with Crippen molar-refractivity contribution in [3.05, 3.63) is 28.0 Å². The Morgan fingerprint density at radius 1 is 1.33 bits per heavy atom. The number of rotatable bonds is 4. The highest BCUT2D eigenvalue weighted by atomic mass is 35.5. The highest BCUT2D eigenvalue weighted by Gasteiger charge is 2.25. The van der Waals surface area contributed by atoms with Crippen LogP contribution in [0.25, 0.3) is 0 Å². The molecular weight excluding hydrogens is 279 g/mol. The van der Waals surface area contributed by atoms with E-state index in [9.17, 15) is 9.59 Å². The molecule has 18 heavy (non-hydrogen) atoms. The number of carbonyl (C=O) groups excluding carboxylic acids is 1. The van der Waals surface area contributed by atoms with Gasteiger partial charge in [0.25, 0.3) is 5.91 Å². The molecule has 0 spiro atoms. The number of amides is 1. The first-order chi connectivity index (χ1) is 8.32. The van der Waals surface area contributed by atoms with Crippen LogP contribution in [0.4, 0.5) is 0 Å². The quantitative estimate of drug-likeness (QED) is 0.834. The molecule has 0 aliphatic heterocycles. The summed E-state index contributed by atoms with van der Waals surface area (Å²) in [7, 11) is 0. The SMILES string of the molecule is CC(C)[C@H](NC(=O)c1ccc(Cl)nc1Cl)C(=O)O. The molecular formula is C11H12Cl2N2O3. The summed E-state index contributed by atoms with van der Waals surface area (Å²) in [5, 5.41) is 11.5. The smallest absolute Gasteiger partial charge is 0.326 e. The van der Waals surface area contributed by atoms with Gasteiger partial charge in [0.15, 0.2) is 0 Å². The van der Waals surface area contributed by atoms with Gasteiger partial charge in [0.2, 0.25) is 0 Å². The number of nitrogens with zero attached hydrogens (tertiary/aromatic N) is 1. The molecule has 7 heteroatoms. The van der Waals surface area contributed by atoms with Crippen LogP contribution in [0.15, 0.2) is 12.1 Å². The zero-order chi connectivity index (χ0) is 13.9. The first-order valence-corrected chi connectivity index (χ1v) is 5.94. The Morgan fingerprint density at radius 3 is 2.39 bits per heavy atom. The minimum absolute atomic E-state index is 0.0621. The Morgan fingerprint density at radius 2 is 1.94 bits per heavy atom. The number of carbonyl (C=O) groups is 2. The van der Waals surface area contributed by atoms with Crippen LogP contribution < -0.4 is 5.32 Å². The fraction of sp³-hybridized carbons (Fsp3) is 0.364. The van der Waals surface area contributed by atoms with Gasteiger partial charge in [-0.1, -0.05) is 37.0 Å². The summed E-state index contributed by atoms with van der Waals surface area (Å²) in [4.78, 5) is 26.5. The van der Waals surface area contributed by atoms with Crippen molar-refractivity contribution in [1.82, 2.24) is 10.3 Å². The fourth-order valence-electron chi connectivity index (χ4n) is 1.31. The van der Waals surface area contributed by atoms with Gasteiger partial charge >= 0.3 is 5.97 Å². The molecule has 0 saturated heterocycles. The molecule has 1 heterocycles. The van der Waals surface area contributed by atoms with E-state index >= 15 is 0 Å². The van der Waals surface area contributed by atoms with Crippen molar-refractivity contribution < 1.29 is 14.7 Å². The highest BCUT2D eigenvalue weighted by molar-refractivity contribution is 6.34. The number of carboxylic acid groups (broad SMARTS) is 1. The Kier molecular flexibility index (Phi) is 4.93. The predicted molar refractivity (Wildman–Crippen MR) is 68.0 cm³/mol.